The molecular weight excluding hydrogens is 256 g/mol. The number of carbonyl (C=O) groups excluding carboxylic acids is 1. The molecule has 0 fully saturated rings. The molecule has 1 amide bonds. The lowest BCUT2D eigenvalue weighted by Crippen LogP contribution is -2.22. The van der Waals surface area contributed by atoms with Gasteiger partial charge in [-0.1, -0.05) is 26.0 Å². The van der Waals surface area contributed by atoms with E-state index in [0.717, 1.165) is 12.3 Å². The van der Waals surface area contributed by atoms with E-state index in [1.54, 1.807) is 11.8 Å². The van der Waals surface area contributed by atoms with Crippen LogP contribution >= 0.6 is 11.8 Å². The Morgan fingerprint density at radius 1 is 1.26 bits per heavy atom. The van der Waals surface area contributed by atoms with Gasteiger partial charge in [0.25, 0.3) is 0 Å². The molecule has 0 spiro atoms. The Morgan fingerprint density at radius 3 is 2.53 bits per heavy atom. The summed E-state index contributed by atoms with van der Waals surface area (Å²) in [5, 5.41) is 6.20. The van der Waals surface area contributed by atoms with Gasteiger partial charge in [-0.15, -0.1) is 11.8 Å². The number of nitrogens with one attached hydrogen (secondary N) is 2. The number of hydrogen-bond donors (Lipinski definition) is 2. The van der Waals surface area contributed by atoms with Gasteiger partial charge in [0.2, 0.25) is 5.91 Å². The maximum atomic E-state index is 11.3. The number of amides is 1. The zero-order valence-electron chi connectivity index (χ0n) is 12.0. The van der Waals surface area contributed by atoms with E-state index >= 15 is 0 Å². The number of benzene rings is 1. The van der Waals surface area contributed by atoms with Crippen molar-refractivity contribution in [3.8, 4) is 0 Å². The van der Waals surface area contributed by atoms with Crippen LogP contribution in [0.2, 0.25) is 0 Å². The Labute approximate surface area is 120 Å². The Hall–Kier alpha value is -1.00. The highest BCUT2D eigenvalue weighted by molar-refractivity contribution is 7.99. The summed E-state index contributed by atoms with van der Waals surface area (Å²) in [7, 11) is 0. The zero-order chi connectivity index (χ0) is 14.1. The summed E-state index contributed by atoms with van der Waals surface area (Å²) in [6, 6.07) is 9.04. The standard InChI is InChI=1S/C15H24N2OS/c1-4-16-15(18)9-10-19-14-7-5-13(6-8-14)11-17-12(2)3/h5-8,12,17H,4,9-11H2,1-3H3,(H,16,18). The molecule has 0 aliphatic rings. The molecule has 4 heteroatoms. The number of hydrogen-bond acceptors (Lipinski definition) is 3. The van der Waals surface area contributed by atoms with Gasteiger partial charge in [0, 0.05) is 36.2 Å². The van der Waals surface area contributed by atoms with Gasteiger partial charge in [0.15, 0.2) is 0 Å². The molecule has 0 saturated heterocycles. The van der Waals surface area contributed by atoms with Crippen LogP contribution in [0.25, 0.3) is 0 Å². The second-order valence-electron chi connectivity index (χ2n) is 4.73. The predicted molar refractivity (Wildman–Crippen MR) is 82.4 cm³/mol. The van der Waals surface area contributed by atoms with Crippen LogP contribution in [-0.2, 0) is 11.3 Å². The molecule has 3 nitrogen and oxygen atoms in total. The van der Waals surface area contributed by atoms with Gasteiger partial charge in [-0.2, -0.15) is 0 Å². The number of thioether (sulfide) groups is 1. The minimum atomic E-state index is 0.132. The monoisotopic (exact) mass is 280 g/mol. The van der Waals surface area contributed by atoms with E-state index in [0.29, 0.717) is 19.0 Å². The number of rotatable bonds is 8. The Morgan fingerprint density at radius 2 is 1.95 bits per heavy atom. The SMILES string of the molecule is CCNC(=O)CCSc1ccc(CNC(C)C)cc1. The molecule has 0 aliphatic carbocycles. The molecule has 0 atom stereocenters. The molecule has 2 N–H and O–H groups in total. The summed E-state index contributed by atoms with van der Waals surface area (Å²) < 4.78 is 0. The van der Waals surface area contributed by atoms with E-state index < -0.39 is 0 Å². The minimum Gasteiger partial charge on any atom is -0.356 e. The molecular formula is C15H24N2OS. The second-order valence-corrected chi connectivity index (χ2v) is 5.90. The maximum absolute atomic E-state index is 11.3. The van der Waals surface area contributed by atoms with E-state index in [4.69, 9.17) is 0 Å². The van der Waals surface area contributed by atoms with Crippen LogP contribution in [0.5, 0.6) is 0 Å². The van der Waals surface area contributed by atoms with Crippen LogP contribution in [0.15, 0.2) is 29.2 Å². The molecule has 0 aromatic heterocycles. The summed E-state index contributed by atoms with van der Waals surface area (Å²) in [4.78, 5) is 12.5. The van der Waals surface area contributed by atoms with Crippen molar-refractivity contribution < 1.29 is 4.79 Å². The molecule has 19 heavy (non-hydrogen) atoms. The van der Waals surface area contributed by atoms with Crippen molar-refractivity contribution >= 4 is 17.7 Å². The van der Waals surface area contributed by atoms with Gasteiger partial charge >= 0.3 is 0 Å². The molecule has 0 aliphatic heterocycles. The van der Waals surface area contributed by atoms with Crippen LogP contribution in [-0.4, -0.2) is 24.2 Å². The lowest BCUT2D eigenvalue weighted by Gasteiger charge is -2.08. The van der Waals surface area contributed by atoms with Crippen LogP contribution < -0.4 is 10.6 Å². The van der Waals surface area contributed by atoms with Gasteiger partial charge < -0.3 is 10.6 Å². The van der Waals surface area contributed by atoms with E-state index in [2.05, 4.69) is 48.7 Å². The molecule has 0 heterocycles. The molecule has 1 rings (SSSR count). The Bertz CT molecular complexity index is 376. The van der Waals surface area contributed by atoms with Crippen molar-refractivity contribution in [3.63, 3.8) is 0 Å². The molecule has 0 radical (unpaired) electrons. The highest BCUT2D eigenvalue weighted by Gasteiger charge is 2.01. The Kier molecular flexibility index (Phi) is 7.60. The van der Waals surface area contributed by atoms with Crippen molar-refractivity contribution in [2.45, 2.75) is 44.7 Å². The minimum absolute atomic E-state index is 0.132. The first kappa shape index (κ1) is 16.1. The average Bonchev–Trinajstić information content (AvgIpc) is 2.38. The third kappa shape index (κ3) is 7.23. The van der Waals surface area contributed by atoms with E-state index in [1.807, 2.05) is 6.92 Å². The molecule has 0 saturated carbocycles. The first-order valence-corrected chi connectivity index (χ1v) is 7.82. The summed E-state index contributed by atoms with van der Waals surface area (Å²) in [6.45, 7) is 7.84. The molecule has 1 aromatic rings. The van der Waals surface area contributed by atoms with E-state index in [-0.39, 0.29) is 5.91 Å². The third-order valence-corrected chi connectivity index (χ3v) is 3.62. The highest BCUT2D eigenvalue weighted by Crippen LogP contribution is 2.19. The van der Waals surface area contributed by atoms with Gasteiger partial charge in [-0.3, -0.25) is 4.79 Å². The largest absolute Gasteiger partial charge is 0.356 e. The van der Waals surface area contributed by atoms with Crippen molar-refractivity contribution in [1.29, 1.82) is 0 Å². The molecule has 0 bridgehead atoms. The van der Waals surface area contributed by atoms with Crippen LogP contribution in [0, 0.1) is 0 Å². The summed E-state index contributed by atoms with van der Waals surface area (Å²) in [5.74, 6) is 0.961. The first-order chi connectivity index (χ1) is 9.11. The maximum Gasteiger partial charge on any atom is 0.220 e. The van der Waals surface area contributed by atoms with Gasteiger partial charge in [0.1, 0.15) is 0 Å². The fourth-order valence-electron chi connectivity index (χ4n) is 1.57. The third-order valence-electron chi connectivity index (χ3n) is 2.61. The van der Waals surface area contributed by atoms with Crippen molar-refractivity contribution in [2.24, 2.45) is 0 Å². The molecule has 106 valence electrons. The summed E-state index contributed by atoms with van der Waals surface area (Å²) >= 11 is 1.73. The predicted octanol–water partition coefficient (Wildman–Crippen LogP) is 2.80. The second kappa shape index (κ2) is 8.99. The fourth-order valence-corrected chi connectivity index (χ4v) is 2.42. The quantitative estimate of drug-likeness (QED) is 0.720. The fraction of sp³-hybridized carbons (Fsp3) is 0.533. The summed E-state index contributed by atoms with van der Waals surface area (Å²) in [6.07, 6.45) is 0.579. The summed E-state index contributed by atoms with van der Waals surface area (Å²) in [5.41, 5.74) is 1.29. The lowest BCUT2D eigenvalue weighted by molar-refractivity contribution is -0.120. The normalized spacial score (nSPS) is 10.7. The van der Waals surface area contributed by atoms with Crippen LogP contribution in [0.1, 0.15) is 32.8 Å². The zero-order valence-corrected chi connectivity index (χ0v) is 12.8. The van der Waals surface area contributed by atoms with Gasteiger partial charge in [0.05, 0.1) is 0 Å². The van der Waals surface area contributed by atoms with E-state index in [9.17, 15) is 4.79 Å². The first-order valence-electron chi connectivity index (χ1n) is 6.83. The molecule has 1 aromatic carbocycles. The number of carbonyl (C=O) groups is 1. The van der Waals surface area contributed by atoms with Crippen LogP contribution in [0.4, 0.5) is 0 Å². The Balaban J connectivity index is 2.30. The average molecular weight is 280 g/mol. The smallest absolute Gasteiger partial charge is 0.220 e. The lowest BCUT2D eigenvalue weighted by atomic mass is 10.2. The van der Waals surface area contributed by atoms with Crippen molar-refractivity contribution in [1.82, 2.24) is 10.6 Å². The van der Waals surface area contributed by atoms with E-state index in [1.165, 1.54) is 10.5 Å². The van der Waals surface area contributed by atoms with Crippen molar-refractivity contribution in [2.75, 3.05) is 12.3 Å². The van der Waals surface area contributed by atoms with Crippen LogP contribution in [0.3, 0.4) is 0 Å². The van der Waals surface area contributed by atoms with Gasteiger partial charge in [-0.25, -0.2) is 0 Å². The molecule has 0 unspecified atom stereocenters. The topological polar surface area (TPSA) is 41.1 Å². The van der Waals surface area contributed by atoms with Crippen molar-refractivity contribution in [3.05, 3.63) is 29.8 Å². The van der Waals surface area contributed by atoms with Gasteiger partial charge in [-0.05, 0) is 24.6 Å². The highest BCUT2D eigenvalue weighted by atomic mass is 32.2.